The van der Waals surface area contributed by atoms with E-state index in [9.17, 15) is 39.0 Å². The molecule has 0 amide bonds. The van der Waals surface area contributed by atoms with Crippen LogP contribution in [0.2, 0.25) is 0 Å². The molecule has 14 heteroatoms. The third-order valence-electron chi connectivity index (χ3n) is 3.99. The van der Waals surface area contributed by atoms with Crippen LogP contribution >= 0.6 is 0 Å². The molecule has 0 heterocycles. The van der Waals surface area contributed by atoms with Crippen molar-refractivity contribution in [3.8, 4) is 0 Å². The van der Waals surface area contributed by atoms with Gasteiger partial charge in [0.1, 0.15) is 0 Å². The highest BCUT2D eigenvalue weighted by Gasteiger charge is 2.35. The van der Waals surface area contributed by atoms with Crippen molar-refractivity contribution in [3.05, 3.63) is 71.8 Å². The highest BCUT2D eigenvalue weighted by Crippen LogP contribution is 2.07. The Morgan fingerprint density at radius 1 is 0.500 bits per heavy atom. The molecule has 0 aliphatic carbocycles. The first-order valence-electron chi connectivity index (χ1n) is 9.66. The second kappa shape index (κ2) is 14.0. The van der Waals surface area contributed by atoms with Crippen LogP contribution in [0, 0.1) is 0 Å². The van der Waals surface area contributed by atoms with Crippen LogP contribution in [0.15, 0.2) is 60.7 Å². The number of aliphatic hydroxyl groups excluding tert-OH is 4. The normalized spacial score (nSPS) is 13.4. The molecule has 2 aromatic rings. The van der Waals surface area contributed by atoms with Crippen molar-refractivity contribution < 1.29 is 68.9 Å². The summed E-state index contributed by atoms with van der Waals surface area (Å²) in [6.45, 7) is 0. The van der Waals surface area contributed by atoms with E-state index in [1.807, 2.05) is 0 Å². The van der Waals surface area contributed by atoms with E-state index < -0.39 is 60.2 Å². The van der Waals surface area contributed by atoms with Crippen LogP contribution in [-0.2, 0) is 28.7 Å². The van der Waals surface area contributed by atoms with Crippen molar-refractivity contribution in [2.45, 2.75) is 24.4 Å². The molecule has 0 fully saturated rings. The van der Waals surface area contributed by atoms with Gasteiger partial charge >= 0.3 is 35.8 Å². The van der Waals surface area contributed by atoms with Crippen molar-refractivity contribution in [2.24, 2.45) is 0 Å². The molecule has 0 radical (unpaired) electrons. The minimum atomic E-state index is -2.40. The van der Waals surface area contributed by atoms with E-state index in [4.69, 9.17) is 20.4 Å². The average molecular weight is 508 g/mol. The van der Waals surface area contributed by atoms with Crippen LogP contribution < -0.4 is 0 Å². The molecule has 6 N–H and O–H groups in total. The van der Waals surface area contributed by atoms with Gasteiger partial charge in [0, 0.05) is 0 Å². The lowest BCUT2D eigenvalue weighted by atomic mass is 10.2. The summed E-state index contributed by atoms with van der Waals surface area (Å²) in [6, 6.07) is 14.8. The molecule has 192 valence electrons. The summed E-state index contributed by atoms with van der Waals surface area (Å²) in [5, 5.41) is 51.8. The van der Waals surface area contributed by atoms with Crippen LogP contribution in [0.5, 0.6) is 0 Å². The Bertz CT molecular complexity index is 995. The molecule has 0 spiro atoms. The van der Waals surface area contributed by atoms with Crippen LogP contribution in [0.25, 0.3) is 0 Å². The van der Waals surface area contributed by atoms with Crippen molar-refractivity contribution in [1.29, 1.82) is 0 Å². The summed E-state index contributed by atoms with van der Waals surface area (Å²) in [4.78, 5) is 66.3. The largest absolute Gasteiger partial charge is 0.479 e. The fourth-order valence-electron chi connectivity index (χ4n) is 2.10. The second-order valence-corrected chi connectivity index (χ2v) is 6.60. The molecular weight excluding hydrogens is 488 g/mol. The fraction of sp³-hybridized carbons (Fsp3) is 0.182. The molecular formula is C22H20O14. The van der Waals surface area contributed by atoms with Gasteiger partial charge in [-0.3, -0.25) is 0 Å². The van der Waals surface area contributed by atoms with Crippen LogP contribution in [0.1, 0.15) is 20.7 Å². The van der Waals surface area contributed by atoms with Crippen molar-refractivity contribution in [1.82, 2.24) is 0 Å². The first-order chi connectivity index (χ1) is 16.9. The lowest BCUT2D eigenvalue weighted by Crippen LogP contribution is -2.43. The lowest BCUT2D eigenvalue weighted by molar-refractivity contribution is -0.166. The average Bonchev–Trinajstić information content (AvgIpc) is 2.87. The van der Waals surface area contributed by atoms with Gasteiger partial charge in [-0.1, -0.05) is 36.4 Å². The van der Waals surface area contributed by atoms with Gasteiger partial charge < -0.3 is 40.1 Å². The maximum Gasteiger partial charge on any atom is 0.346 e. The zero-order valence-corrected chi connectivity index (χ0v) is 18.0. The molecule has 0 unspecified atom stereocenters. The Kier molecular flexibility index (Phi) is 11.5. The van der Waals surface area contributed by atoms with Gasteiger partial charge in [-0.25, -0.2) is 28.8 Å². The van der Waals surface area contributed by atoms with E-state index in [1.165, 1.54) is 48.5 Å². The third-order valence-corrected chi connectivity index (χ3v) is 3.99. The van der Waals surface area contributed by atoms with Gasteiger partial charge in [0.05, 0.1) is 11.1 Å². The van der Waals surface area contributed by atoms with E-state index in [2.05, 4.69) is 9.47 Å². The summed E-state index contributed by atoms with van der Waals surface area (Å²) in [5.74, 6) is -8.80. The highest BCUT2D eigenvalue weighted by atomic mass is 16.6. The Hall–Kier alpha value is -4.50. The Morgan fingerprint density at radius 2 is 0.778 bits per heavy atom. The number of aliphatic carboxylic acids is 2. The standard InChI is InChI=1S/C18H14O8.C4H6O6/c19-13(17(23)25-15(21)11-7-3-1-4-8-11)14(20)18(24)26-16(22)12-9-5-2-6-10-12;5-1(3(7)8)2(6)4(9)10/h1-10,13-14,19-20H;1-2,5-6H,(H,7,8)(H,9,10)/t13-,14-;1-,2-/m00/s1. The van der Waals surface area contributed by atoms with Gasteiger partial charge in [-0.05, 0) is 24.3 Å². The number of esters is 4. The molecule has 0 bridgehead atoms. The maximum atomic E-state index is 11.7. The number of benzene rings is 2. The first kappa shape index (κ1) is 29.5. The topological polar surface area (TPSA) is 242 Å². The minimum absolute atomic E-state index is 0.0318. The molecule has 2 rings (SSSR count). The van der Waals surface area contributed by atoms with Gasteiger partial charge in [0.15, 0.2) is 24.4 Å². The fourth-order valence-corrected chi connectivity index (χ4v) is 2.10. The van der Waals surface area contributed by atoms with Crippen LogP contribution in [0.4, 0.5) is 0 Å². The first-order valence-corrected chi connectivity index (χ1v) is 9.66. The Balaban J connectivity index is 0.000000548. The van der Waals surface area contributed by atoms with E-state index >= 15 is 0 Å². The number of carbonyl (C=O) groups is 6. The number of aliphatic hydroxyl groups is 4. The maximum absolute atomic E-state index is 11.7. The quantitative estimate of drug-likeness (QED) is 0.173. The molecule has 0 aliphatic heterocycles. The molecule has 0 saturated carbocycles. The third kappa shape index (κ3) is 9.03. The van der Waals surface area contributed by atoms with E-state index in [-0.39, 0.29) is 11.1 Å². The Morgan fingerprint density at radius 3 is 1.03 bits per heavy atom. The number of carboxylic acids is 2. The van der Waals surface area contributed by atoms with Crippen LogP contribution in [-0.4, -0.2) is 90.9 Å². The van der Waals surface area contributed by atoms with Gasteiger partial charge in [-0.2, -0.15) is 0 Å². The molecule has 0 aliphatic rings. The van der Waals surface area contributed by atoms with E-state index in [0.717, 1.165) is 0 Å². The SMILES string of the molecule is O=C(O)[C@@H](O)[C@H](O)C(=O)O.O=C(OC(=O)[C@@H](O)[C@H](O)C(=O)OC(=O)c1ccccc1)c1ccccc1. The summed E-state index contributed by atoms with van der Waals surface area (Å²) >= 11 is 0. The summed E-state index contributed by atoms with van der Waals surface area (Å²) < 4.78 is 8.76. The molecule has 14 nitrogen and oxygen atoms in total. The predicted molar refractivity (Wildman–Crippen MR) is 113 cm³/mol. The van der Waals surface area contributed by atoms with E-state index in [0.29, 0.717) is 0 Å². The zero-order valence-electron chi connectivity index (χ0n) is 18.0. The number of hydrogen-bond acceptors (Lipinski definition) is 12. The van der Waals surface area contributed by atoms with Crippen LogP contribution in [0.3, 0.4) is 0 Å². The van der Waals surface area contributed by atoms with E-state index in [1.54, 1.807) is 12.1 Å². The number of rotatable bonds is 8. The smallest absolute Gasteiger partial charge is 0.346 e. The molecule has 0 aromatic heterocycles. The number of hydrogen-bond donors (Lipinski definition) is 6. The second-order valence-electron chi connectivity index (χ2n) is 6.60. The van der Waals surface area contributed by atoms with Crippen molar-refractivity contribution in [3.63, 3.8) is 0 Å². The predicted octanol–water partition coefficient (Wildman–Crippen LogP) is -1.65. The van der Waals surface area contributed by atoms with Gasteiger partial charge in [0.2, 0.25) is 0 Å². The molecule has 2 aromatic carbocycles. The Labute approximate surface area is 201 Å². The monoisotopic (exact) mass is 508 g/mol. The molecule has 4 atom stereocenters. The van der Waals surface area contributed by atoms with Gasteiger partial charge in [-0.15, -0.1) is 0 Å². The van der Waals surface area contributed by atoms with Crippen molar-refractivity contribution in [2.75, 3.05) is 0 Å². The number of ether oxygens (including phenoxy) is 2. The molecule has 36 heavy (non-hydrogen) atoms. The molecule has 0 saturated heterocycles. The van der Waals surface area contributed by atoms with Crippen molar-refractivity contribution >= 4 is 35.8 Å². The number of carbonyl (C=O) groups excluding carboxylic acids is 4. The number of carboxylic acid groups (broad SMARTS) is 2. The summed E-state index contributed by atoms with van der Waals surface area (Å²) in [6.07, 6.45) is -9.34. The summed E-state index contributed by atoms with van der Waals surface area (Å²) in [5.41, 5.74) is 0.0637. The highest BCUT2D eigenvalue weighted by molar-refractivity contribution is 6.01. The zero-order chi connectivity index (χ0) is 27.4. The minimum Gasteiger partial charge on any atom is -0.479 e. The summed E-state index contributed by atoms with van der Waals surface area (Å²) in [7, 11) is 0. The van der Waals surface area contributed by atoms with Gasteiger partial charge in [0.25, 0.3) is 0 Å². The lowest BCUT2D eigenvalue weighted by Gasteiger charge is -2.14.